The molecule has 7 nitrogen and oxygen atoms in total. The van der Waals surface area contributed by atoms with Crippen molar-refractivity contribution in [2.45, 2.75) is 65.1 Å². The van der Waals surface area contributed by atoms with Gasteiger partial charge in [0.25, 0.3) is 0 Å². The van der Waals surface area contributed by atoms with Gasteiger partial charge in [-0.25, -0.2) is 8.42 Å². The van der Waals surface area contributed by atoms with Crippen LogP contribution in [-0.4, -0.2) is 50.0 Å². The van der Waals surface area contributed by atoms with E-state index >= 15 is 0 Å². The fourth-order valence-electron chi connectivity index (χ4n) is 4.30. The summed E-state index contributed by atoms with van der Waals surface area (Å²) < 4.78 is 26.5. The average Bonchev–Trinajstić information content (AvgIpc) is 3.29. The van der Waals surface area contributed by atoms with Crippen LogP contribution in [0.3, 0.4) is 0 Å². The Hall–Kier alpha value is -2.58. The largest absolute Gasteiger partial charge is 0.352 e. The van der Waals surface area contributed by atoms with E-state index in [4.69, 9.17) is 11.6 Å². The summed E-state index contributed by atoms with van der Waals surface area (Å²) in [4.78, 5) is 28.1. The Morgan fingerprint density at radius 3 is 2.37 bits per heavy atom. The molecule has 1 N–H and O–H groups in total. The zero-order chi connectivity index (χ0) is 25.8. The first-order chi connectivity index (χ1) is 16.5. The lowest BCUT2D eigenvalue weighted by atomic mass is 10.1. The van der Waals surface area contributed by atoms with Crippen LogP contribution in [-0.2, 0) is 26.2 Å². The zero-order valence-electron chi connectivity index (χ0n) is 20.8. The van der Waals surface area contributed by atoms with Crippen LogP contribution in [0.25, 0.3) is 0 Å². The predicted octanol–water partition coefficient (Wildman–Crippen LogP) is 4.20. The standard InChI is InChI=1S/C26H34ClN3O4S/c1-18-12-13-24(14-19(18)2)30(35(4,33)34)17-25(31)29(16-21-8-7-9-22(27)15-21)20(3)26(32)28-23-10-5-6-11-23/h7-9,12-15,20,23H,5-6,10-11,16-17H2,1-4H3,(H,28,32)/t20-/m0/s1. The van der Waals surface area contributed by atoms with Crippen LogP contribution in [0.5, 0.6) is 0 Å². The molecule has 0 bridgehead atoms. The van der Waals surface area contributed by atoms with Gasteiger partial charge >= 0.3 is 0 Å². The fourth-order valence-corrected chi connectivity index (χ4v) is 5.36. The van der Waals surface area contributed by atoms with Gasteiger partial charge in [-0.1, -0.05) is 42.6 Å². The molecule has 0 aliphatic heterocycles. The normalized spacial score (nSPS) is 15.0. The van der Waals surface area contributed by atoms with Gasteiger partial charge in [-0.2, -0.15) is 0 Å². The Labute approximate surface area is 213 Å². The van der Waals surface area contributed by atoms with Crippen molar-refractivity contribution in [2.75, 3.05) is 17.1 Å². The van der Waals surface area contributed by atoms with Crippen molar-refractivity contribution in [3.05, 3.63) is 64.2 Å². The summed E-state index contributed by atoms with van der Waals surface area (Å²) in [5.41, 5.74) is 3.11. The summed E-state index contributed by atoms with van der Waals surface area (Å²) >= 11 is 6.14. The summed E-state index contributed by atoms with van der Waals surface area (Å²) in [5, 5.41) is 3.57. The van der Waals surface area contributed by atoms with Crippen molar-refractivity contribution in [1.29, 1.82) is 0 Å². The number of nitrogens with zero attached hydrogens (tertiary/aromatic N) is 2. The molecule has 1 fully saturated rings. The third-order valence-corrected chi connectivity index (χ3v) is 7.94. The van der Waals surface area contributed by atoms with Gasteiger partial charge in [-0.05, 0) is 74.6 Å². The van der Waals surface area contributed by atoms with Gasteiger partial charge in [0.15, 0.2) is 0 Å². The topological polar surface area (TPSA) is 86.8 Å². The minimum atomic E-state index is -3.76. The number of amides is 2. The van der Waals surface area contributed by atoms with Crippen LogP contribution in [0, 0.1) is 13.8 Å². The number of hydrogen-bond donors (Lipinski definition) is 1. The molecule has 0 heterocycles. The van der Waals surface area contributed by atoms with Crippen molar-refractivity contribution in [1.82, 2.24) is 10.2 Å². The molecule has 3 rings (SSSR count). The Morgan fingerprint density at radius 2 is 1.77 bits per heavy atom. The lowest BCUT2D eigenvalue weighted by molar-refractivity contribution is -0.139. The minimum absolute atomic E-state index is 0.108. The highest BCUT2D eigenvalue weighted by Crippen LogP contribution is 2.23. The van der Waals surface area contributed by atoms with Crippen molar-refractivity contribution < 1.29 is 18.0 Å². The summed E-state index contributed by atoms with van der Waals surface area (Å²) in [7, 11) is -3.76. The molecule has 2 amide bonds. The van der Waals surface area contributed by atoms with Crippen LogP contribution >= 0.6 is 11.6 Å². The number of sulfonamides is 1. The summed E-state index contributed by atoms with van der Waals surface area (Å²) in [6, 6.07) is 11.7. The Morgan fingerprint density at radius 1 is 1.09 bits per heavy atom. The molecule has 0 saturated heterocycles. The first-order valence-electron chi connectivity index (χ1n) is 11.8. The van der Waals surface area contributed by atoms with E-state index < -0.39 is 28.5 Å². The van der Waals surface area contributed by atoms with E-state index in [1.165, 1.54) is 4.90 Å². The molecular weight excluding hydrogens is 486 g/mol. The number of nitrogens with one attached hydrogen (secondary N) is 1. The van der Waals surface area contributed by atoms with Crippen molar-refractivity contribution in [3.63, 3.8) is 0 Å². The molecule has 35 heavy (non-hydrogen) atoms. The van der Waals surface area contributed by atoms with E-state index in [1.54, 1.807) is 37.3 Å². The fraction of sp³-hybridized carbons (Fsp3) is 0.462. The second kappa shape index (κ2) is 11.4. The number of rotatable bonds is 9. The molecule has 0 unspecified atom stereocenters. The molecule has 0 aromatic heterocycles. The molecule has 2 aromatic rings. The number of benzene rings is 2. The number of aryl methyl sites for hydroxylation is 2. The monoisotopic (exact) mass is 519 g/mol. The molecule has 1 atom stereocenters. The van der Waals surface area contributed by atoms with Crippen LogP contribution in [0.4, 0.5) is 5.69 Å². The molecule has 2 aromatic carbocycles. The van der Waals surface area contributed by atoms with Crippen molar-refractivity contribution in [3.8, 4) is 0 Å². The summed E-state index contributed by atoms with van der Waals surface area (Å²) in [6.07, 6.45) is 5.07. The minimum Gasteiger partial charge on any atom is -0.352 e. The summed E-state index contributed by atoms with van der Waals surface area (Å²) in [6.45, 7) is 5.22. The Bertz CT molecular complexity index is 1180. The van der Waals surface area contributed by atoms with Gasteiger partial charge in [-0.3, -0.25) is 13.9 Å². The predicted molar refractivity (Wildman–Crippen MR) is 140 cm³/mol. The first-order valence-corrected chi connectivity index (χ1v) is 14.1. The number of carbonyl (C=O) groups is 2. The average molecular weight is 520 g/mol. The highest BCUT2D eigenvalue weighted by molar-refractivity contribution is 7.92. The molecule has 190 valence electrons. The molecule has 1 aliphatic rings. The van der Waals surface area contributed by atoms with Crippen LogP contribution in [0.15, 0.2) is 42.5 Å². The van der Waals surface area contributed by atoms with Crippen LogP contribution < -0.4 is 9.62 Å². The van der Waals surface area contributed by atoms with E-state index in [0.29, 0.717) is 10.7 Å². The smallest absolute Gasteiger partial charge is 0.244 e. The molecule has 1 saturated carbocycles. The van der Waals surface area contributed by atoms with E-state index in [9.17, 15) is 18.0 Å². The van der Waals surface area contributed by atoms with E-state index in [1.807, 2.05) is 26.0 Å². The van der Waals surface area contributed by atoms with Crippen LogP contribution in [0.2, 0.25) is 5.02 Å². The number of hydrogen-bond acceptors (Lipinski definition) is 4. The number of carbonyl (C=O) groups excluding carboxylic acids is 2. The van der Waals surface area contributed by atoms with Gasteiger partial charge in [0.2, 0.25) is 21.8 Å². The Kier molecular flexibility index (Phi) is 8.83. The highest BCUT2D eigenvalue weighted by Gasteiger charge is 2.31. The zero-order valence-corrected chi connectivity index (χ0v) is 22.3. The maximum atomic E-state index is 13.6. The van der Waals surface area contributed by atoms with Crippen LogP contribution in [0.1, 0.15) is 49.3 Å². The van der Waals surface area contributed by atoms with E-state index in [-0.39, 0.29) is 18.5 Å². The van der Waals surface area contributed by atoms with E-state index in [0.717, 1.165) is 52.9 Å². The summed E-state index contributed by atoms with van der Waals surface area (Å²) in [5.74, 6) is -0.716. The van der Waals surface area contributed by atoms with Crippen molar-refractivity contribution >= 4 is 39.1 Å². The second-order valence-corrected chi connectivity index (χ2v) is 11.7. The van der Waals surface area contributed by atoms with Gasteiger partial charge in [-0.15, -0.1) is 0 Å². The molecule has 0 spiro atoms. The highest BCUT2D eigenvalue weighted by atomic mass is 35.5. The van der Waals surface area contributed by atoms with Gasteiger partial charge in [0.05, 0.1) is 11.9 Å². The molecule has 9 heteroatoms. The van der Waals surface area contributed by atoms with Gasteiger partial charge < -0.3 is 10.2 Å². The molecular formula is C26H34ClN3O4S. The quantitative estimate of drug-likeness (QED) is 0.538. The first kappa shape index (κ1) is 27.0. The molecule has 1 aliphatic carbocycles. The third-order valence-electron chi connectivity index (χ3n) is 6.57. The Balaban J connectivity index is 1.89. The lowest BCUT2D eigenvalue weighted by Crippen LogP contribution is -2.52. The van der Waals surface area contributed by atoms with Gasteiger partial charge in [0.1, 0.15) is 12.6 Å². The number of halogens is 1. The van der Waals surface area contributed by atoms with Crippen molar-refractivity contribution in [2.24, 2.45) is 0 Å². The second-order valence-electron chi connectivity index (χ2n) is 9.36. The lowest BCUT2D eigenvalue weighted by Gasteiger charge is -2.32. The third kappa shape index (κ3) is 7.21. The maximum absolute atomic E-state index is 13.6. The van der Waals surface area contributed by atoms with E-state index in [2.05, 4.69) is 5.32 Å². The number of anilines is 1. The SMILES string of the molecule is Cc1ccc(N(CC(=O)N(Cc2cccc(Cl)c2)[C@@H](C)C(=O)NC2CCCC2)S(C)(=O)=O)cc1C. The van der Waals surface area contributed by atoms with Gasteiger partial charge in [0, 0.05) is 17.6 Å². The maximum Gasteiger partial charge on any atom is 0.244 e. The molecule has 0 radical (unpaired) electrons.